The van der Waals surface area contributed by atoms with Gasteiger partial charge in [-0.1, -0.05) is 0 Å². The average molecular weight is 181 g/mol. The fourth-order valence-electron chi connectivity index (χ4n) is 0.889. The highest BCUT2D eigenvalue weighted by Crippen LogP contribution is 2.21. The number of nitrogens with zero attached hydrogens (tertiary/aromatic N) is 3. The van der Waals surface area contributed by atoms with Crippen LogP contribution in [0.2, 0.25) is 0 Å². The minimum absolute atomic E-state index is 0.0146. The van der Waals surface area contributed by atoms with Crippen LogP contribution in [0.4, 0.5) is 0 Å². The van der Waals surface area contributed by atoms with Crippen LogP contribution in [-0.4, -0.2) is 15.2 Å². The van der Waals surface area contributed by atoms with Gasteiger partial charge in [0.25, 0.3) is 0 Å². The zero-order valence-electron chi connectivity index (χ0n) is 6.43. The maximum absolute atomic E-state index is 5.34. The molecule has 0 radical (unpaired) electrons. The Morgan fingerprint density at radius 2 is 2.42 bits per heavy atom. The van der Waals surface area contributed by atoms with Crippen molar-refractivity contribution in [3.63, 3.8) is 0 Å². The van der Waals surface area contributed by atoms with E-state index in [0.717, 1.165) is 0 Å². The van der Waals surface area contributed by atoms with Crippen molar-refractivity contribution in [3.8, 4) is 0 Å². The normalized spacial score (nSPS) is 13.5. The zero-order chi connectivity index (χ0) is 8.55. The van der Waals surface area contributed by atoms with Crippen molar-refractivity contribution >= 4 is 23.9 Å². The van der Waals surface area contributed by atoms with Gasteiger partial charge in [0, 0.05) is 6.07 Å². The van der Waals surface area contributed by atoms with E-state index in [-0.39, 0.29) is 5.25 Å². The van der Waals surface area contributed by atoms with E-state index in [1.807, 2.05) is 6.92 Å². The van der Waals surface area contributed by atoms with Crippen LogP contribution in [0, 0.1) is 0 Å². The lowest BCUT2D eigenvalue weighted by molar-refractivity contribution is 0.534. The summed E-state index contributed by atoms with van der Waals surface area (Å²) in [6, 6.07) is 1.73. The second kappa shape index (κ2) is 2.75. The fourth-order valence-corrected chi connectivity index (χ4v) is 0.999. The number of thiol groups is 1. The summed E-state index contributed by atoms with van der Waals surface area (Å²) in [4.78, 5) is 4.10. The van der Waals surface area contributed by atoms with Crippen molar-refractivity contribution in [3.05, 3.63) is 18.2 Å². The van der Waals surface area contributed by atoms with Gasteiger partial charge in [0.2, 0.25) is 11.5 Å². The van der Waals surface area contributed by atoms with E-state index in [2.05, 4.69) is 27.8 Å². The molecule has 0 aliphatic heterocycles. The third-order valence-electron chi connectivity index (χ3n) is 1.45. The summed E-state index contributed by atoms with van der Waals surface area (Å²) in [5.74, 6) is 0.578. The molecule has 0 aliphatic rings. The maximum atomic E-state index is 5.34. The highest BCUT2D eigenvalue weighted by atomic mass is 32.1. The van der Waals surface area contributed by atoms with Crippen LogP contribution < -0.4 is 0 Å². The standard InChI is InChI=1S/C7H7N3OS/c1-4(12)7-9-6-5(11-7)2-3-8-10-6/h2-4,12H,1H3. The van der Waals surface area contributed by atoms with Gasteiger partial charge in [0.15, 0.2) is 5.58 Å². The Morgan fingerprint density at radius 1 is 1.58 bits per heavy atom. The van der Waals surface area contributed by atoms with Gasteiger partial charge in [0.05, 0.1) is 11.4 Å². The van der Waals surface area contributed by atoms with Crippen molar-refractivity contribution < 1.29 is 4.42 Å². The summed E-state index contributed by atoms with van der Waals surface area (Å²) in [7, 11) is 0. The summed E-state index contributed by atoms with van der Waals surface area (Å²) in [6.07, 6.45) is 1.57. The quantitative estimate of drug-likeness (QED) is 0.679. The largest absolute Gasteiger partial charge is 0.438 e. The predicted octanol–water partition coefficient (Wildman–Crippen LogP) is 1.61. The molecule has 2 aromatic rings. The smallest absolute Gasteiger partial charge is 0.220 e. The molecule has 2 aromatic heterocycles. The van der Waals surface area contributed by atoms with E-state index < -0.39 is 0 Å². The van der Waals surface area contributed by atoms with E-state index in [1.165, 1.54) is 0 Å². The van der Waals surface area contributed by atoms with Crippen LogP contribution >= 0.6 is 12.6 Å². The highest BCUT2D eigenvalue weighted by Gasteiger charge is 2.09. The first-order chi connectivity index (χ1) is 5.77. The van der Waals surface area contributed by atoms with Gasteiger partial charge in [-0.3, -0.25) is 0 Å². The van der Waals surface area contributed by atoms with Crippen LogP contribution in [0.25, 0.3) is 11.2 Å². The minimum Gasteiger partial charge on any atom is -0.438 e. The Hall–Kier alpha value is -1.10. The number of rotatable bonds is 1. The van der Waals surface area contributed by atoms with Crippen molar-refractivity contribution in [2.24, 2.45) is 0 Å². The third-order valence-corrected chi connectivity index (χ3v) is 1.67. The Kier molecular flexibility index (Phi) is 1.73. The average Bonchev–Trinajstić information content (AvgIpc) is 2.46. The topological polar surface area (TPSA) is 51.8 Å². The molecule has 0 bridgehead atoms. The fraction of sp³-hybridized carbons (Fsp3) is 0.286. The van der Waals surface area contributed by atoms with Gasteiger partial charge < -0.3 is 4.42 Å². The monoisotopic (exact) mass is 181 g/mol. The lowest BCUT2D eigenvalue weighted by atomic mass is 10.5. The molecule has 0 N–H and O–H groups in total. The van der Waals surface area contributed by atoms with Gasteiger partial charge in [-0.05, 0) is 6.92 Å². The van der Waals surface area contributed by atoms with Gasteiger partial charge in [-0.2, -0.15) is 22.7 Å². The Bertz CT molecular complexity index is 365. The zero-order valence-corrected chi connectivity index (χ0v) is 7.32. The molecule has 2 heterocycles. The lowest BCUT2D eigenvalue weighted by Gasteiger charge is -1.92. The molecule has 4 nitrogen and oxygen atoms in total. The molecule has 1 unspecified atom stereocenters. The molecule has 0 saturated carbocycles. The lowest BCUT2D eigenvalue weighted by Crippen LogP contribution is -1.83. The molecule has 0 spiro atoms. The summed E-state index contributed by atoms with van der Waals surface area (Å²) in [5.41, 5.74) is 1.19. The van der Waals surface area contributed by atoms with E-state index >= 15 is 0 Å². The second-order valence-electron chi connectivity index (χ2n) is 2.45. The Labute approximate surface area is 74.4 Å². The van der Waals surface area contributed by atoms with Crippen LogP contribution in [0.1, 0.15) is 18.1 Å². The first-order valence-corrected chi connectivity index (χ1v) is 4.05. The number of hydrogen-bond acceptors (Lipinski definition) is 5. The molecule has 0 aliphatic carbocycles. The first-order valence-electron chi connectivity index (χ1n) is 3.53. The van der Waals surface area contributed by atoms with Crippen molar-refractivity contribution in [1.82, 2.24) is 15.2 Å². The molecule has 0 saturated heterocycles. The molecule has 12 heavy (non-hydrogen) atoms. The predicted molar refractivity (Wildman–Crippen MR) is 47.0 cm³/mol. The van der Waals surface area contributed by atoms with E-state index in [1.54, 1.807) is 12.3 Å². The molecule has 2 rings (SSSR count). The summed E-state index contributed by atoms with van der Waals surface area (Å²) >= 11 is 4.19. The Morgan fingerprint density at radius 3 is 3.08 bits per heavy atom. The first kappa shape index (κ1) is 7.54. The minimum atomic E-state index is -0.0146. The SMILES string of the molecule is CC(S)c1nc2nnccc2o1. The van der Waals surface area contributed by atoms with Gasteiger partial charge in [0.1, 0.15) is 0 Å². The molecule has 5 heteroatoms. The van der Waals surface area contributed by atoms with Crippen molar-refractivity contribution in [2.75, 3.05) is 0 Å². The molecule has 0 fully saturated rings. The van der Waals surface area contributed by atoms with Gasteiger partial charge >= 0.3 is 0 Å². The molecule has 0 aromatic carbocycles. The molecule has 62 valence electrons. The number of hydrogen-bond donors (Lipinski definition) is 1. The summed E-state index contributed by atoms with van der Waals surface area (Å²) in [5, 5.41) is 7.47. The van der Waals surface area contributed by atoms with Crippen molar-refractivity contribution in [2.45, 2.75) is 12.2 Å². The number of oxazole rings is 1. The van der Waals surface area contributed by atoms with Crippen LogP contribution in [0.15, 0.2) is 16.7 Å². The van der Waals surface area contributed by atoms with E-state index in [0.29, 0.717) is 17.1 Å². The maximum Gasteiger partial charge on any atom is 0.220 e. The Balaban J connectivity index is 2.62. The third kappa shape index (κ3) is 1.16. The number of fused-ring (bicyclic) bond motifs is 1. The summed E-state index contributed by atoms with van der Waals surface area (Å²) < 4.78 is 5.34. The molecule has 0 amide bonds. The molecule has 1 atom stereocenters. The van der Waals surface area contributed by atoms with Gasteiger partial charge in [-0.15, -0.1) is 5.10 Å². The molecular weight excluding hydrogens is 174 g/mol. The van der Waals surface area contributed by atoms with Gasteiger partial charge in [-0.25, -0.2) is 0 Å². The van der Waals surface area contributed by atoms with E-state index in [9.17, 15) is 0 Å². The second-order valence-corrected chi connectivity index (χ2v) is 3.22. The van der Waals surface area contributed by atoms with Crippen LogP contribution in [0.5, 0.6) is 0 Å². The van der Waals surface area contributed by atoms with E-state index in [4.69, 9.17) is 4.42 Å². The molecular formula is C7H7N3OS. The summed E-state index contributed by atoms with van der Waals surface area (Å²) in [6.45, 7) is 1.89. The van der Waals surface area contributed by atoms with Crippen LogP contribution in [-0.2, 0) is 0 Å². The van der Waals surface area contributed by atoms with Crippen LogP contribution in [0.3, 0.4) is 0 Å². The number of aromatic nitrogens is 3. The highest BCUT2D eigenvalue weighted by molar-refractivity contribution is 7.80. The van der Waals surface area contributed by atoms with Crippen molar-refractivity contribution in [1.29, 1.82) is 0 Å².